The van der Waals surface area contributed by atoms with Crippen molar-refractivity contribution in [2.75, 3.05) is 19.7 Å². The monoisotopic (exact) mass is 397 g/mol. The SMILES string of the molecule is C/C=C(\C)C(=O)O[C@H](C)[C@@](O)(C(=O)OCC1=CC[N@+]2([O-])CC[C@H](O)[C@H]12)C(C)C. The Morgan fingerprint density at radius 1 is 1.43 bits per heavy atom. The molecule has 2 rings (SSSR count). The van der Waals surface area contributed by atoms with Crippen molar-refractivity contribution in [3.8, 4) is 0 Å². The summed E-state index contributed by atoms with van der Waals surface area (Å²) in [6.45, 7) is 8.34. The third-order valence-corrected chi connectivity index (χ3v) is 5.95. The van der Waals surface area contributed by atoms with Crippen LogP contribution in [0, 0.1) is 11.1 Å². The average molecular weight is 397 g/mol. The molecule has 2 aliphatic rings. The van der Waals surface area contributed by atoms with E-state index in [-0.39, 0.29) is 13.2 Å². The van der Waals surface area contributed by atoms with E-state index in [4.69, 9.17) is 9.47 Å². The Morgan fingerprint density at radius 3 is 2.64 bits per heavy atom. The molecule has 0 aliphatic carbocycles. The lowest BCUT2D eigenvalue weighted by molar-refractivity contribution is -0.877. The zero-order valence-electron chi connectivity index (χ0n) is 17.2. The Morgan fingerprint density at radius 2 is 2.07 bits per heavy atom. The second-order valence-electron chi connectivity index (χ2n) is 8.01. The van der Waals surface area contributed by atoms with Crippen LogP contribution >= 0.6 is 0 Å². The number of esters is 2. The molecule has 0 amide bonds. The van der Waals surface area contributed by atoms with E-state index >= 15 is 0 Å². The minimum absolute atomic E-state index is 0.188. The molecule has 0 aromatic heterocycles. The van der Waals surface area contributed by atoms with Crippen LogP contribution in [0.1, 0.15) is 41.0 Å². The van der Waals surface area contributed by atoms with E-state index < -0.39 is 46.4 Å². The Hall–Kier alpha value is -1.74. The molecule has 0 unspecified atom stereocenters. The number of hydroxylamine groups is 3. The van der Waals surface area contributed by atoms with Crippen molar-refractivity contribution >= 4 is 11.9 Å². The first-order valence-corrected chi connectivity index (χ1v) is 9.65. The molecule has 1 saturated heterocycles. The summed E-state index contributed by atoms with van der Waals surface area (Å²) in [4.78, 5) is 24.7. The first kappa shape index (κ1) is 22.5. The molecular formula is C20H31NO7. The lowest BCUT2D eigenvalue weighted by Gasteiger charge is -2.40. The molecule has 8 nitrogen and oxygen atoms in total. The second-order valence-corrected chi connectivity index (χ2v) is 8.01. The molecule has 0 spiro atoms. The molecular weight excluding hydrogens is 366 g/mol. The van der Waals surface area contributed by atoms with E-state index in [0.717, 1.165) is 0 Å². The van der Waals surface area contributed by atoms with Crippen LogP contribution in [-0.4, -0.2) is 70.3 Å². The summed E-state index contributed by atoms with van der Waals surface area (Å²) in [6.07, 6.45) is 1.78. The van der Waals surface area contributed by atoms with Crippen LogP contribution in [-0.2, 0) is 19.1 Å². The largest absolute Gasteiger partial charge is 0.632 e. The topological polar surface area (TPSA) is 116 Å². The quantitative estimate of drug-likeness (QED) is 0.218. The summed E-state index contributed by atoms with van der Waals surface area (Å²) in [6, 6.07) is -0.632. The molecule has 0 bridgehead atoms. The summed E-state index contributed by atoms with van der Waals surface area (Å²) in [5, 5.41) is 33.7. The van der Waals surface area contributed by atoms with E-state index in [0.29, 0.717) is 24.1 Å². The summed E-state index contributed by atoms with van der Waals surface area (Å²) in [7, 11) is 0. The van der Waals surface area contributed by atoms with E-state index in [1.807, 2.05) is 0 Å². The normalized spacial score (nSPS) is 30.5. The highest BCUT2D eigenvalue weighted by Gasteiger charge is 2.50. The van der Waals surface area contributed by atoms with Crippen molar-refractivity contribution in [3.05, 3.63) is 28.5 Å². The standard InChI is InChI=1S/C20H31NO7/c1-6-13(4)18(23)28-14(5)20(25,12(2)3)19(24)27-11-15-7-9-21(26)10-8-16(22)17(15)21/h6-7,12,14,16-17,22,25H,8-11H2,1-5H3/b13-6+/t14-,16+,17+,20-,21+/m1/s1. The summed E-state index contributed by atoms with van der Waals surface area (Å²) < 4.78 is 10.1. The fourth-order valence-corrected chi connectivity index (χ4v) is 3.85. The smallest absolute Gasteiger partial charge is 0.342 e. The Labute approximate surface area is 165 Å². The van der Waals surface area contributed by atoms with Gasteiger partial charge < -0.3 is 29.5 Å². The molecule has 0 saturated carbocycles. The summed E-state index contributed by atoms with van der Waals surface area (Å²) in [5.74, 6) is -2.13. The number of aliphatic hydroxyl groups is 2. The van der Waals surface area contributed by atoms with Crippen molar-refractivity contribution in [2.45, 2.75) is 64.9 Å². The molecule has 158 valence electrons. The van der Waals surface area contributed by atoms with Crippen LogP contribution in [0.5, 0.6) is 0 Å². The average Bonchev–Trinajstić information content (AvgIpc) is 3.13. The molecule has 28 heavy (non-hydrogen) atoms. The molecule has 2 heterocycles. The molecule has 0 radical (unpaired) electrons. The number of nitrogens with zero attached hydrogens (tertiary/aromatic N) is 1. The van der Waals surface area contributed by atoms with Crippen LogP contribution < -0.4 is 0 Å². The van der Waals surface area contributed by atoms with Crippen LogP contribution in [0.3, 0.4) is 0 Å². The highest BCUT2D eigenvalue weighted by atomic mass is 16.6. The Bertz CT molecular complexity index is 686. The van der Waals surface area contributed by atoms with Crippen LogP contribution in [0.15, 0.2) is 23.3 Å². The number of allylic oxidation sites excluding steroid dienone is 1. The number of hydrogen-bond acceptors (Lipinski definition) is 7. The number of ether oxygens (including phenoxy) is 2. The number of aliphatic hydroxyl groups excluding tert-OH is 1. The first-order valence-electron chi connectivity index (χ1n) is 9.65. The van der Waals surface area contributed by atoms with Crippen molar-refractivity contribution in [1.29, 1.82) is 0 Å². The number of hydrogen-bond donors (Lipinski definition) is 2. The van der Waals surface area contributed by atoms with Gasteiger partial charge >= 0.3 is 11.9 Å². The first-order chi connectivity index (χ1) is 13.0. The van der Waals surface area contributed by atoms with Gasteiger partial charge in [0.05, 0.1) is 13.1 Å². The summed E-state index contributed by atoms with van der Waals surface area (Å²) >= 11 is 0. The zero-order chi connectivity index (χ0) is 21.3. The van der Waals surface area contributed by atoms with Crippen LogP contribution in [0.25, 0.3) is 0 Å². The van der Waals surface area contributed by atoms with Crippen LogP contribution in [0.2, 0.25) is 0 Å². The lowest BCUT2D eigenvalue weighted by atomic mass is 9.85. The third kappa shape index (κ3) is 4.00. The second kappa shape index (κ2) is 8.32. The summed E-state index contributed by atoms with van der Waals surface area (Å²) in [5.41, 5.74) is -1.11. The van der Waals surface area contributed by atoms with Gasteiger partial charge in [-0.25, -0.2) is 9.59 Å². The predicted molar refractivity (Wildman–Crippen MR) is 102 cm³/mol. The van der Waals surface area contributed by atoms with Gasteiger partial charge in [0.2, 0.25) is 5.60 Å². The van der Waals surface area contributed by atoms with Crippen molar-refractivity contribution in [1.82, 2.24) is 0 Å². The molecule has 8 heteroatoms. The Balaban J connectivity index is 2.07. The van der Waals surface area contributed by atoms with Gasteiger partial charge in [-0.15, -0.1) is 0 Å². The zero-order valence-corrected chi connectivity index (χ0v) is 17.2. The Kier molecular flexibility index (Phi) is 6.70. The predicted octanol–water partition coefficient (Wildman–Crippen LogP) is 1.20. The fraction of sp³-hybridized carbons (Fsp3) is 0.700. The van der Waals surface area contributed by atoms with E-state index in [1.165, 1.54) is 6.92 Å². The maximum Gasteiger partial charge on any atom is 0.342 e. The highest BCUT2D eigenvalue weighted by Crippen LogP contribution is 2.36. The maximum absolute atomic E-state index is 12.7. The maximum atomic E-state index is 12.7. The molecule has 0 aromatic carbocycles. The highest BCUT2D eigenvalue weighted by molar-refractivity contribution is 5.88. The number of carbonyl (C=O) groups excluding carboxylic acids is 2. The van der Waals surface area contributed by atoms with Gasteiger partial charge in [0, 0.05) is 17.6 Å². The minimum atomic E-state index is -2.04. The molecule has 0 aromatic rings. The minimum Gasteiger partial charge on any atom is -0.632 e. The third-order valence-electron chi connectivity index (χ3n) is 5.95. The molecule has 1 fully saturated rings. The van der Waals surface area contributed by atoms with Gasteiger partial charge in [-0.05, 0) is 32.8 Å². The van der Waals surface area contributed by atoms with Crippen molar-refractivity contribution in [2.24, 2.45) is 5.92 Å². The van der Waals surface area contributed by atoms with E-state index in [9.17, 15) is 25.0 Å². The van der Waals surface area contributed by atoms with E-state index in [2.05, 4.69) is 0 Å². The van der Waals surface area contributed by atoms with Gasteiger partial charge in [0.15, 0.2) is 0 Å². The molecule has 2 aliphatic heterocycles. The van der Waals surface area contributed by atoms with E-state index in [1.54, 1.807) is 39.8 Å². The molecule has 2 N–H and O–H groups in total. The van der Waals surface area contributed by atoms with Gasteiger partial charge in [-0.3, -0.25) is 0 Å². The number of carbonyl (C=O) groups is 2. The van der Waals surface area contributed by atoms with Gasteiger partial charge in [0.25, 0.3) is 0 Å². The van der Waals surface area contributed by atoms with Crippen molar-refractivity contribution < 1.29 is 33.9 Å². The lowest BCUT2D eigenvalue weighted by Crippen LogP contribution is -2.55. The fourth-order valence-electron chi connectivity index (χ4n) is 3.85. The van der Waals surface area contributed by atoms with Gasteiger partial charge in [-0.1, -0.05) is 19.9 Å². The van der Waals surface area contributed by atoms with Gasteiger partial charge in [0.1, 0.15) is 24.9 Å². The van der Waals surface area contributed by atoms with Crippen molar-refractivity contribution in [3.63, 3.8) is 0 Å². The number of quaternary nitrogens is 1. The van der Waals surface area contributed by atoms with Crippen LogP contribution in [0.4, 0.5) is 0 Å². The molecule has 5 atom stereocenters. The number of fused-ring (bicyclic) bond motifs is 1. The van der Waals surface area contributed by atoms with Gasteiger partial charge in [-0.2, -0.15) is 0 Å². The number of rotatable bonds is 7.